The van der Waals surface area contributed by atoms with Gasteiger partial charge in [0.15, 0.2) is 0 Å². The monoisotopic (exact) mass is 219 g/mol. The lowest BCUT2D eigenvalue weighted by molar-refractivity contribution is 0.0697. The van der Waals surface area contributed by atoms with Crippen LogP contribution in [-0.2, 0) is 0 Å². The van der Waals surface area contributed by atoms with Crippen molar-refractivity contribution in [3.8, 4) is 12.3 Å². The molecule has 0 aliphatic heterocycles. The highest BCUT2D eigenvalue weighted by atomic mass is 16.4. The fourth-order valence-electron chi connectivity index (χ4n) is 1.17. The lowest BCUT2D eigenvalue weighted by Gasteiger charge is -2.10. The Kier molecular flexibility index (Phi) is 4.37. The summed E-state index contributed by atoms with van der Waals surface area (Å²) in [6.45, 7) is 0.344. The van der Waals surface area contributed by atoms with Gasteiger partial charge in [-0.05, 0) is 24.3 Å². The molecule has 1 unspecified atom stereocenters. The molecule has 4 heteroatoms. The van der Waals surface area contributed by atoms with E-state index in [9.17, 15) is 9.90 Å². The summed E-state index contributed by atoms with van der Waals surface area (Å²) in [5.41, 5.74) is 0.982. The number of aliphatic hydroxyl groups excluding tert-OH is 1. The third-order valence-electron chi connectivity index (χ3n) is 2.03. The first-order valence-corrected chi connectivity index (χ1v) is 4.82. The van der Waals surface area contributed by atoms with Crippen LogP contribution in [0.5, 0.6) is 0 Å². The normalized spacial score (nSPS) is 11.5. The predicted octanol–water partition coefficient (Wildman–Crippen LogP) is 1.18. The van der Waals surface area contributed by atoms with Crippen LogP contribution in [0, 0.1) is 12.3 Å². The average molecular weight is 219 g/mol. The summed E-state index contributed by atoms with van der Waals surface area (Å²) in [5.74, 6) is 1.40. The van der Waals surface area contributed by atoms with Gasteiger partial charge in [0.1, 0.15) is 0 Å². The topological polar surface area (TPSA) is 69.6 Å². The van der Waals surface area contributed by atoms with Crippen molar-refractivity contribution >= 4 is 11.7 Å². The van der Waals surface area contributed by atoms with Crippen LogP contribution in [0.3, 0.4) is 0 Å². The summed E-state index contributed by atoms with van der Waals surface area (Å²) in [7, 11) is 0. The Morgan fingerprint density at radius 2 is 2.06 bits per heavy atom. The highest BCUT2D eigenvalue weighted by Crippen LogP contribution is 2.09. The van der Waals surface area contributed by atoms with Gasteiger partial charge in [-0.3, -0.25) is 0 Å². The summed E-state index contributed by atoms with van der Waals surface area (Å²) in [6.07, 6.45) is 4.75. The van der Waals surface area contributed by atoms with Crippen molar-refractivity contribution < 1.29 is 15.0 Å². The second-order valence-corrected chi connectivity index (χ2v) is 3.33. The first kappa shape index (κ1) is 12.1. The Morgan fingerprint density at radius 3 is 2.56 bits per heavy atom. The fraction of sp³-hybridized carbons (Fsp3) is 0.250. The zero-order valence-electron chi connectivity index (χ0n) is 8.68. The van der Waals surface area contributed by atoms with Crippen molar-refractivity contribution in [3.05, 3.63) is 29.8 Å². The molecular weight excluding hydrogens is 206 g/mol. The van der Waals surface area contributed by atoms with Crippen molar-refractivity contribution in [2.75, 3.05) is 11.9 Å². The Bertz CT molecular complexity index is 392. The molecule has 0 amide bonds. The maximum Gasteiger partial charge on any atom is 0.335 e. The number of nitrogens with one attached hydrogen (secondary N) is 1. The van der Waals surface area contributed by atoms with Crippen LogP contribution in [-0.4, -0.2) is 28.8 Å². The summed E-state index contributed by atoms with van der Waals surface area (Å²) in [4.78, 5) is 10.6. The molecule has 4 nitrogen and oxygen atoms in total. The van der Waals surface area contributed by atoms with Gasteiger partial charge in [0.25, 0.3) is 0 Å². The molecule has 16 heavy (non-hydrogen) atoms. The van der Waals surface area contributed by atoms with Gasteiger partial charge in [-0.15, -0.1) is 12.3 Å². The van der Waals surface area contributed by atoms with Crippen LogP contribution in [0.2, 0.25) is 0 Å². The van der Waals surface area contributed by atoms with Crippen molar-refractivity contribution in [1.29, 1.82) is 0 Å². The van der Waals surface area contributed by atoms with E-state index in [4.69, 9.17) is 11.5 Å². The second-order valence-electron chi connectivity index (χ2n) is 3.33. The fourth-order valence-corrected chi connectivity index (χ4v) is 1.17. The Morgan fingerprint density at radius 1 is 1.44 bits per heavy atom. The highest BCUT2D eigenvalue weighted by molar-refractivity contribution is 5.87. The third-order valence-corrected chi connectivity index (χ3v) is 2.03. The zero-order valence-corrected chi connectivity index (χ0v) is 8.68. The maximum atomic E-state index is 10.6. The number of carboxylic acids is 1. The minimum atomic E-state index is -0.959. The van der Waals surface area contributed by atoms with E-state index in [1.54, 1.807) is 12.1 Å². The van der Waals surface area contributed by atoms with Crippen LogP contribution in [0.4, 0.5) is 5.69 Å². The van der Waals surface area contributed by atoms with E-state index in [2.05, 4.69) is 11.2 Å². The van der Waals surface area contributed by atoms with Crippen LogP contribution in [0.15, 0.2) is 24.3 Å². The first-order chi connectivity index (χ1) is 7.63. The summed E-state index contributed by atoms with van der Waals surface area (Å²) >= 11 is 0. The van der Waals surface area contributed by atoms with Gasteiger partial charge >= 0.3 is 5.97 Å². The molecule has 84 valence electrons. The number of hydrogen-bond donors (Lipinski definition) is 3. The lowest BCUT2D eigenvalue weighted by atomic mass is 10.2. The number of aliphatic hydroxyl groups is 1. The molecule has 1 aromatic rings. The maximum absolute atomic E-state index is 10.6. The van der Waals surface area contributed by atoms with E-state index in [0.717, 1.165) is 5.69 Å². The molecule has 0 heterocycles. The van der Waals surface area contributed by atoms with Crippen molar-refractivity contribution in [1.82, 2.24) is 0 Å². The molecule has 3 N–H and O–H groups in total. The number of aromatic carboxylic acids is 1. The molecule has 0 spiro atoms. The number of terminal acetylenes is 1. The van der Waals surface area contributed by atoms with E-state index >= 15 is 0 Å². The van der Waals surface area contributed by atoms with E-state index in [1.165, 1.54) is 12.1 Å². The van der Waals surface area contributed by atoms with E-state index in [0.29, 0.717) is 13.0 Å². The van der Waals surface area contributed by atoms with Crippen LogP contribution in [0.25, 0.3) is 0 Å². The quantitative estimate of drug-likeness (QED) is 0.650. The first-order valence-electron chi connectivity index (χ1n) is 4.82. The molecule has 1 aromatic carbocycles. The van der Waals surface area contributed by atoms with Crippen LogP contribution in [0.1, 0.15) is 16.8 Å². The lowest BCUT2D eigenvalue weighted by Crippen LogP contribution is -2.18. The largest absolute Gasteiger partial charge is 0.478 e. The SMILES string of the molecule is C#CCC(O)CNc1ccc(C(=O)O)cc1. The van der Waals surface area contributed by atoms with Gasteiger partial charge in [-0.1, -0.05) is 0 Å². The van der Waals surface area contributed by atoms with Gasteiger partial charge in [-0.25, -0.2) is 4.79 Å². The van der Waals surface area contributed by atoms with Crippen molar-refractivity contribution in [2.24, 2.45) is 0 Å². The number of hydrogen-bond acceptors (Lipinski definition) is 3. The van der Waals surface area contributed by atoms with E-state index in [1.807, 2.05) is 0 Å². The summed E-state index contributed by atoms with van der Waals surface area (Å²) in [5, 5.41) is 21.0. The molecule has 0 aromatic heterocycles. The molecule has 0 saturated carbocycles. The summed E-state index contributed by atoms with van der Waals surface area (Å²) < 4.78 is 0. The second kappa shape index (κ2) is 5.79. The minimum absolute atomic E-state index is 0.231. The van der Waals surface area contributed by atoms with Crippen LogP contribution >= 0.6 is 0 Å². The molecular formula is C12H13NO3. The molecule has 0 fully saturated rings. The Balaban J connectivity index is 2.50. The van der Waals surface area contributed by atoms with Crippen molar-refractivity contribution in [3.63, 3.8) is 0 Å². The van der Waals surface area contributed by atoms with Crippen LogP contribution < -0.4 is 5.32 Å². The third kappa shape index (κ3) is 3.64. The number of rotatable bonds is 5. The minimum Gasteiger partial charge on any atom is -0.478 e. The molecule has 0 bridgehead atoms. The molecule has 1 atom stereocenters. The number of carboxylic acid groups (broad SMARTS) is 1. The van der Waals surface area contributed by atoms with Gasteiger partial charge < -0.3 is 15.5 Å². The molecule has 0 aliphatic carbocycles. The Labute approximate surface area is 93.9 Å². The highest BCUT2D eigenvalue weighted by Gasteiger charge is 2.03. The van der Waals surface area contributed by atoms with Gasteiger partial charge in [-0.2, -0.15) is 0 Å². The zero-order chi connectivity index (χ0) is 12.0. The number of carbonyl (C=O) groups is 1. The molecule has 0 saturated heterocycles. The van der Waals surface area contributed by atoms with Gasteiger partial charge in [0, 0.05) is 18.7 Å². The predicted molar refractivity (Wildman–Crippen MR) is 61.3 cm³/mol. The van der Waals surface area contributed by atoms with Crippen molar-refractivity contribution in [2.45, 2.75) is 12.5 Å². The van der Waals surface area contributed by atoms with Gasteiger partial charge in [0.05, 0.1) is 11.7 Å². The number of benzene rings is 1. The van der Waals surface area contributed by atoms with Gasteiger partial charge in [0.2, 0.25) is 0 Å². The average Bonchev–Trinajstić information content (AvgIpc) is 2.27. The Hall–Kier alpha value is -1.99. The molecule has 1 rings (SSSR count). The van der Waals surface area contributed by atoms with E-state index in [-0.39, 0.29) is 5.56 Å². The van der Waals surface area contributed by atoms with E-state index < -0.39 is 12.1 Å². The molecule has 0 radical (unpaired) electrons. The number of anilines is 1. The standard InChI is InChI=1S/C12H13NO3/c1-2-3-11(14)8-13-10-6-4-9(5-7-10)12(15)16/h1,4-7,11,13-14H,3,8H2,(H,15,16). The smallest absolute Gasteiger partial charge is 0.335 e. The molecule has 0 aliphatic rings. The summed E-state index contributed by atoms with van der Waals surface area (Å²) in [6, 6.07) is 6.29.